The molecule has 0 saturated heterocycles. The summed E-state index contributed by atoms with van der Waals surface area (Å²) in [6.45, 7) is 0.495. The molecule has 32 heavy (non-hydrogen) atoms. The van der Waals surface area contributed by atoms with E-state index < -0.39 is 6.10 Å². The number of hydrogen-bond acceptors (Lipinski definition) is 5. The Morgan fingerprint density at radius 2 is 1.62 bits per heavy atom. The first kappa shape index (κ1) is 21.4. The first-order valence-corrected chi connectivity index (χ1v) is 10.4. The van der Waals surface area contributed by atoms with Gasteiger partial charge in [0.2, 0.25) is 0 Å². The Hall–Kier alpha value is -3.83. The van der Waals surface area contributed by atoms with Crippen molar-refractivity contribution in [3.05, 3.63) is 108 Å². The molecule has 4 aromatic rings. The standard InChI is InChI=1S/C27H25NO4/c1-30-26-14-11-21(15-27(26)31-18-20-7-3-2-4-8-20)17-28-32-19-25(29)24-13-12-22-9-5-6-10-23(22)16-24/h2-17,25,29H,18-19H2,1H3/b28-17+/t25-/m0/s1. The largest absolute Gasteiger partial charge is 0.493 e. The van der Waals surface area contributed by atoms with E-state index in [0.29, 0.717) is 18.1 Å². The van der Waals surface area contributed by atoms with Crippen LogP contribution >= 0.6 is 0 Å². The van der Waals surface area contributed by atoms with Crippen molar-refractivity contribution in [3.8, 4) is 11.5 Å². The van der Waals surface area contributed by atoms with Crippen LogP contribution in [-0.2, 0) is 11.4 Å². The second kappa shape index (κ2) is 10.5. The summed E-state index contributed by atoms with van der Waals surface area (Å²) in [6.07, 6.45) is 0.819. The Morgan fingerprint density at radius 3 is 2.44 bits per heavy atom. The van der Waals surface area contributed by atoms with Crippen LogP contribution in [0.5, 0.6) is 11.5 Å². The highest BCUT2D eigenvalue weighted by Gasteiger charge is 2.09. The number of methoxy groups -OCH3 is 1. The number of nitrogens with zero attached hydrogens (tertiary/aromatic N) is 1. The summed E-state index contributed by atoms with van der Waals surface area (Å²) in [5.41, 5.74) is 2.66. The van der Waals surface area contributed by atoms with Crippen molar-refractivity contribution < 1.29 is 19.4 Å². The maximum atomic E-state index is 10.4. The Labute approximate surface area is 187 Å². The van der Waals surface area contributed by atoms with E-state index in [1.54, 1.807) is 13.3 Å². The van der Waals surface area contributed by atoms with Crippen LogP contribution in [0.1, 0.15) is 22.8 Å². The molecule has 162 valence electrons. The van der Waals surface area contributed by atoms with Gasteiger partial charge in [0, 0.05) is 5.56 Å². The molecule has 0 saturated carbocycles. The van der Waals surface area contributed by atoms with Gasteiger partial charge in [-0.25, -0.2) is 0 Å². The van der Waals surface area contributed by atoms with Crippen LogP contribution in [-0.4, -0.2) is 25.0 Å². The number of hydrogen-bond donors (Lipinski definition) is 1. The van der Waals surface area contributed by atoms with Crippen LogP contribution < -0.4 is 9.47 Å². The molecule has 5 heteroatoms. The van der Waals surface area contributed by atoms with Gasteiger partial charge in [-0.1, -0.05) is 71.9 Å². The molecule has 0 aromatic heterocycles. The number of ether oxygens (including phenoxy) is 2. The average Bonchev–Trinajstić information content (AvgIpc) is 2.85. The van der Waals surface area contributed by atoms with Crippen molar-refractivity contribution in [1.82, 2.24) is 0 Å². The third-order valence-electron chi connectivity index (χ3n) is 5.09. The van der Waals surface area contributed by atoms with Crippen LogP contribution in [0, 0.1) is 0 Å². The Balaban J connectivity index is 1.36. The minimum absolute atomic E-state index is 0.0579. The molecule has 4 aromatic carbocycles. The third kappa shape index (κ3) is 5.45. The van der Waals surface area contributed by atoms with Gasteiger partial charge in [0.1, 0.15) is 19.3 Å². The summed E-state index contributed by atoms with van der Waals surface area (Å²) < 4.78 is 11.3. The second-order valence-electron chi connectivity index (χ2n) is 7.34. The smallest absolute Gasteiger partial charge is 0.162 e. The van der Waals surface area contributed by atoms with Gasteiger partial charge in [0.05, 0.1) is 13.3 Å². The third-order valence-corrected chi connectivity index (χ3v) is 5.09. The molecule has 0 fully saturated rings. The quantitative estimate of drug-likeness (QED) is 0.283. The van der Waals surface area contributed by atoms with E-state index in [9.17, 15) is 5.11 Å². The molecule has 0 aliphatic heterocycles. The Bertz CT molecular complexity index is 1190. The van der Waals surface area contributed by atoms with E-state index in [0.717, 1.165) is 27.5 Å². The van der Waals surface area contributed by atoms with Crippen LogP contribution in [0.25, 0.3) is 10.8 Å². The summed E-state index contributed by atoms with van der Waals surface area (Å²) in [5.74, 6) is 1.27. The maximum absolute atomic E-state index is 10.4. The Kier molecular flexibility index (Phi) is 7.00. The zero-order chi connectivity index (χ0) is 22.2. The molecule has 0 bridgehead atoms. The van der Waals surface area contributed by atoms with Crippen molar-refractivity contribution >= 4 is 17.0 Å². The topological polar surface area (TPSA) is 60.3 Å². The molecule has 1 atom stereocenters. The predicted molar refractivity (Wildman–Crippen MR) is 126 cm³/mol. The molecule has 4 rings (SSSR count). The number of fused-ring (bicyclic) bond motifs is 1. The molecule has 5 nitrogen and oxygen atoms in total. The molecule has 0 aliphatic carbocycles. The normalized spacial score (nSPS) is 12.1. The molecule has 0 amide bonds. The maximum Gasteiger partial charge on any atom is 0.162 e. The van der Waals surface area contributed by atoms with Crippen LogP contribution in [0.15, 0.2) is 96.2 Å². The van der Waals surface area contributed by atoms with Crippen molar-refractivity contribution in [3.63, 3.8) is 0 Å². The van der Waals surface area contributed by atoms with Gasteiger partial charge >= 0.3 is 0 Å². The average molecular weight is 428 g/mol. The summed E-state index contributed by atoms with van der Waals surface area (Å²) in [6, 6.07) is 29.4. The highest BCUT2D eigenvalue weighted by molar-refractivity contribution is 5.83. The lowest BCUT2D eigenvalue weighted by molar-refractivity contribution is 0.0402. The molecular weight excluding hydrogens is 402 g/mol. The molecule has 0 unspecified atom stereocenters. The highest BCUT2D eigenvalue weighted by Crippen LogP contribution is 2.28. The van der Waals surface area contributed by atoms with Crippen LogP contribution in [0.4, 0.5) is 0 Å². The fourth-order valence-corrected chi connectivity index (χ4v) is 3.34. The van der Waals surface area contributed by atoms with E-state index in [-0.39, 0.29) is 6.61 Å². The number of aliphatic hydroxyl groups excluding tert-OH is 1. The predicted octanol–water partition coefficient (Wildman–Crippen LogP) is 5.51. The molecule has 0 radical (unpaired) electrons. The highest BCUT2D eigenvalue weighted by atomic mass is 16.6. The fourth-order valence-electron chi connectivity index (χ4n) is 3.34. The number of rotatable bonds is 9. The van der Waals surface area contributed by atoms with E-state index in [4.69, 9.17) is 14.3 Å². The van der Waals surface area contributed by atoms with E-state index in [1.165, 1.54) is 0 Å². The van der Waals surface area contributed by atoms with Crippen molar-refractivity contribution in [2.24, 2.45) is 5.16 Å². The summed E-state index contributed by atoms with van der Waals surface area (Å²) in [5, 5.41) is 16.6. The van der Waals surface area contributed by atoms with E-state index in [1.807, 2.05) is 91.0 Å². The lowest BCUT2D eigenvalue weighted by Gasteiger charge is -2.12. The monoisotopic (exact) mass is 427 g/mol. The van der Waals surface area contributed by atoms with E-state index >= 15 is 0 Å². The zero-order valence-corrected chi connectivity index (χ0v) is 17.8. The van der Waals surface area contributed by atoms with Gasteiger partial charge < -0.3 is 19.4 Å². The van der Waals surface area contributed by atoms with Crippen molar-refractivity contribution in [1.29, 1.82) is 0 Å². The molecule has 1 N–H and O–H groups in total. The molecule has 0 spiro atoms. The zero-order valence-electron chi connectivity index (χ0n) is 17.8. The van der Waals surface area contributed by atoms with Crippen LogP contribution in [0.3, 0.4) is 0 Å². The minimum Gasteiger partial charge on any atom is -0.493 e. The lowest BCUT2D eigenvalue weighted by atomic mass is 10.0. The van der Waals surface area contributed by atoms with Gasteiger partial charge in [-0.3, -0.25) is 0 Å². The molecule has 0 heterocycles. The number of oxime groups is 1. The SMILES string of the molecule is COc1ccc(/C=N/OC[C@H](O)c2ccc3ccccc3c2)cc1OCc1ccccc1. The first-order valence-electron chi connectivity index (χ1n) is 10.4. The van der Waals surface area contributed by atoms with Gasteiger partial charge in [-0.05, 0) is 46.2 Å². The van der Waals surface area contributed by atoms with Crippen molar-refractivity contribution in [2.75, 3.05) is 13.7 Å². The Morgan fingerprint density at radius 1 is 0.844 bits per heavy atom. The first-order chi connectivity index (χ1) is 15.7. The summed E-state index contributed by atoms with van der Waals surface area (Å²) in [4.78, 5) is 5.34. The van der Waals surface area contributed by atoms with Gasteiger partial charge in [0.25, 0.3) is 0 Å². The summed E-state index contributed by atoms with van der Waals surface area (Å²) >= 11 is 0. The number of benzene rings is 4. The van der Waals surface area contributed by atoms with Crippen molar-refractivity contribution in [2.45, 2.75) is 12.7 Å². The second-order valence-corrected chi connectivity index (χ2v) is 7.34. The van der Waals surface area contributed by atoms with Gasteiger partial charge in [-0.15, -0.1) is 0 Å². The summed E-state index contributed by atoms with van der Waals surface area (Å²) in [7, 11) is 1.61. The lowest BCUT2D eigenvalue weighted by Crippen LogP contribution is -2.05. The number of aliphatic hydroxyl groups is 1. The molecule has 0 aliphatic rings. The van der Waals surface area contributed by atoms with Gasteiger partial charge in [0.15, 0.2) is 11.5 Å². The fraction of sp³-hybridized carbons (Fsp3) is 0.148. The van der Waals surface area contributed by atoms with E-state index in [2.05, 4.69) is 5.16 Å². The van der Waals surface area contributed by atoms with Gasteiger partial charge in [-0.2, -0.15) is 0 Å². The minimum atomic E-state index is -0.766. The molecular formula is C27H25NO4. The van der Waals surface area contributed by atoms with Crippen LogP contribution in [0.2, 0.25) is 0 Å².